The van der Waals surface area contributed by atoms with Crippen LogP contribution in [0.25, 0.3) is 0 Å². The van der Waals surface area contributed by atoms with E-state index in [-0.39, 0.29) is 76.9 Å². The fourth-order valence-electron chi connectivity index (χ4n) is 2.30. The van der Waals surface area contributed by atoms with Gasteiger partial charge in [0.15, 0.2) is 0 Å². The van der Waals surface area contributed by atoms with Crippen LogP contribution in [0.5, 0.6) is 0 Å². The second-order valence-electron chi connectivity index (χ2n) is 5.26. The molecule has 9 heteroatoms. The first-order valence-corrected chi connectivity index (χ1v) is 6.14. The van der Waals surface area contributed by atoms with Gasteiger partial charge in [-0.15, -0.1) is 0 Å². The zero-order chi connectivity index (χ0) is 13.9. The van der Waals surface area contributed by atoms with Crippen LogP contribution in [0.3, 0.4) is 0 Å². The Balaban J connectivity index is 0.00000324. The largest absolute Gasteiger partial charge is 1.00 e. The summed E-state index contributed by atoms with van der Waals surface area (Å²) in [6.07, 6.45) is -3.65. The van der Waals surface area contributed by atoms with Gasteiger partial charge in [-0.05, 0) is 12.4 Å². The van der Waals surface area contributed by atoms with Gasteiger partial charge in [0.05, 0.1) is 6.04 Å². The molecule has 19 heavy (non-hydrogen) atoms. The molecular formula is C10H19BF5KN2. The van der Waals surface area contributed by atoms with Gasteiger partial charge in [0.25, 0.3) is 6.43 Å². The quantitative estimate of drug-likeness (QED) is 0.489. The fraction of sp³-hybridized carbons (Fsp3) is 1.00. The van der Waals surface area contributed by atoms with Crippen molar-refractivity contribution in [2.24, 2.45) is 5.92 Å². The Morgan fingerprint density at radius 2 is 1.74 bits per heavy atom. The molecule has 0 saturated carbocycles. The first kappa shape index (κ1) is 20.3. The number of alkyl halides is 2. The van der Waals surface area contributed by atoms with Gasteiger partial charge in [0.1, 0.15) is 0 Å². The van der Waals surface area contributed by atoms with Crippen molar-refractivity contribution in [3.63, 3.8) is 0 Å². The topological polar surface area (TPSA) is 6.48 Å². The van der Waals surface area contributed by atoms with E-state index in [0.717, 1.165) is 4.90 Å². The molecule has 1 fully saturated rings. The number of rotatable bonds is 5. The van der Waals surface area contributed by atoms with Gasteiger partial charge in [-0.3, -0.25) is 4.90 Å². The molecule has 0 bridgehead atoms. The Morgan fingerprint density at radius 3 is 2.16 bits per heavy atom. The Kier molecular flexibility index (Phi) is 9.23. The number of halogens is 5. The van der Waals surface area contributed by atoms with E-state index in [1.807, 2.05) is 13.8 Å². The molecule has 0 unspecified atom stereocenters. The molecule has 1 atom stereocenters. The molecule has 1 heterocycles. The van der Waals surface area contributed by atoms with E-state index in [9.17, 15) is 21.7 Å². The molecule has 0 aromatic rings. The smallest absolute Gasteiger partial charge is 0.448 e. The summed E-state index contributed by atoms with van der Waals surface area (Å²) in [5.41, 5.74) is 0. The van der Waals surface area contributed by atoms with E-state index in [0.29, 0.717) is 6.54 Å². The van der Waals surface area contributed by atoms with E-state index in [1.54, 1.807) is 4.90 Å². The standard InChI is InChI=1S/C10H19BF5N2.K/c1-8(2)5-18-4-3-17(7-11(14,15)16)6-9(18)10(12)13;/h8-10H,3-7H2,1-2H3;/q-1;+1/t9-;/m1./s1. The molecule has 0 aliphatic carbocycles. The van der Waals surface area contributed by atoms with Crippen LogP contribution in [-0.2, 0) is 0 Å². The van der Waals surface area contributed by atoms with Crippen molar-refractivity contribution in [2.75, 3.05) is 32.6 Å². The number of nitrogens with zero attached hydrogens (tertiary/aromatic N) is 2. The summed E-state index contributed by atoms with van der Waals surface area (Å²) >= 11 is 0. The molecule has 0 aromatic carbocycles. The Hall–Kier alpha value is 1.27. The van der Waals surface area contributed by atoms with Gasteiger partial charge in [-0.1, -0.05) is 13.8 Å². The molecular weight excluding hydrogens is 293 g/mol. The van der Waals surface area contributed by atoms with Crippen molar-refractivity contribution >= 4 is 6.98 Å². The number of hydrogen-bond acceptors (Lipinski definition) is 2. The average Bonchev–Trinajstić information content (AvgIpc) is 2.17. The minimum absolute atomic E-state index is 0. The summed E-state index contributed by atoms with van der Waals surface area (Å²) in [6, 6.07) is -1.08. The monoisotopic (exact) mass is 312 g/mol. The summed E-state index contributed by atoms with van der Waals surface area (Å²) in [7, 11) is 0. The summed E-state index contributed by atoms with van der Waals surface area (Å²) < 4.78 is 62.7. The molecule has 0 spiro atoms. The Morgan fingerprint density at radius 1 is 1.16 bits per heavy atom. The maximum atomic E-state index is 12.9. The zero-order valence-corrected chi connectivity index (χ0v) is 14.8. The minimum atomic E-state index is -4.94. The maximum Gasteiger partial charge on any atom is 1.00 e. The van der Waals surface area contributed by atoms with Gasteiger partial charge in [-0.2, -0.15) is 0 Å². The van der Waals surface area contributed by atoms with Gasteiger partial charge >= 0.3 is 58.4 Å². The third-order valence-electron chi connectivity index (χ3n) is 2.97. The van der Waals surface area contributed by atoms with Crippen LogP contribution in [0.4, 0.5) is 21.7 Å². The van der Waals surface area contributed by atoms with Gasteiger partial charge in [0, 0.05) is 26.2 Å². The zero-order valence-electron chi connectivity index (χ0n) is 11.6. The molecule has 0 radical (unpaired) electrons. The molecule has 0 N–H and O–H groups in total. The summed E-state index contributed by atoms with van der Waals surface area (Å²) in [5, 5.41) is 0. The first-order valence-electron chi connectivity index (χ1n) is 6.14. The maximum absolute atomic E-state index is 12.9. The SMILES string of the molecule is CC(C)CN1CCN(C[B-](F)(F)F)C[C@@H]1C(F)F.[K+]. The molecule has 2 nitrogen and oxygen atoms in total. The summed E-state index contributed by atoms with van der Waals surface area (Å²) in [5.74, 6) is 0.227. The predicted octanol–water partition coefficient (Wildman–Crippen LogP) is -0.716. The van der Waals surface area contributed by atoms with Crippen molar-refractivity contribution in [3.05, 3.63) is 0 Å². The minimum Gasteiger partial charge on any atom is -0.448 e. The van der Waals surface area contributed by atoms with E-state index in [2.05, 4.69) is 0 Å². The molecule has 1 saturated heterocycles. The van der Waals surface area contributed by atoms with Crippen molar-refractivity contribution in [1.29, 1.82) is 0 Å². The van der Waals surface area contributed by atoms with Crippen LogP contribution in [0.1, 0.15) is 13.8 Å². The van der Waals surface area contributed by atoms with Gasteiger partial charge in [0.2, 0.25) is 0 Å². The molecule has 1 aliphatic rings. The molecule has 0 aromatic heterocycles. The van der Waals surface area contributed by atoms with E-state index >= 15 is 0 Å². The molecule has 1 aliphatic heterocycles. The van der Waals surface area contributed by atoms with E-state index < -0.39 is 25.9 Å². The normalized spacial score (nSPS) is 22.9. The summed E-state index contributed by atoms with van der Waals surface area (Å²) in [6.45, 7) is -0.344. The fourth-order valence-corrected chi connectivity index (χ4v) is 2.30. The van der Waals surface area contributed by atoms with Crippen molar-refractivity contribution in [3.8, 4) is 0 Å². The number of hydrogen-bond donors (Lipinski definition) is 0. The van der Waals surface area contributed by atoms with Crippen molar-refractivity contribution in [2.45, 2.75) is 26.3 Å². The third-order valence-corrected chi connectivity index (χ3v) is 2.97. The summed E-state index contributed by atoms with van der Waals surface area (Å²) in [4.78, 5) is 2.70. The van der Waals surface area contributed by atoms with Crippen LogP contribution < -0.4 is 51.4 Å². The van der Waals surface area contributed by atoms with Crippen molar-refractivity contribution in [1.82, 2.24) is 9.80 Å². The second kappa shape index (κ2) is 8.65. The van der Waals surface area contributed by atoms with Gasteiger partial charge < -0.3 is 17.8 Å². The third kappa shape index (κ3) is 7.73. The van der Waals surface area contributed by atoms with Crippen LogP contribution >= 0.6 is 0 Å². The molecule has 1 rings (SSSR count). The van der Waals surface area contributed by atoms with Gasteiger partial charge in [-0.25, -0.2) is 8.78 Å². The van der Waals surface area contributed by atoms with Crippen LogP contribution in [0, 0.1) is 5.92 Å². The van der Waals surface area contributed by atoms with Crippen LogP contribution in [0.2, 0.25) is 0 Å². The predicted molar refractivity (Wildman–Crippen MR) is 61.7 cm³/mol. The Bertz CT molecular complexity index is 265. The molecule has 0 amide bonds. The number of piperazine rings is 1. The van der Waals surface area contributed by atoms with E-state index in [4.69, 9.17) is 0 Å². The van der Waals surface area contributed by atoms with E-state index in [1.165, 1.54) is 0 Å². The second-order valence-corrected chi connectivity index (χ2v) is 5.26. The first-order chi connectivity index (χ1) is 8.19. The molecule has 108 valence electrons. The van der Waals surface area contributed by atoms with Crippen LogP contribution in [0.15, 0.2) is 0 Å². The Labute approximate surface area is 153 Å². The van der Waals surface area contributed by atoms with Crippen molar-refractivity contribution < 1.29 is 73.1 Å². The average molecular weight is 312 g/mol. The van der Waals surface area contributed by atoms with Crippen LogP contribution in [-0.4, -0.2) is 61.9 Å².